The molecule has 7 heteroatoms. The van der Waals surface area contributed by atoms with Crippen LogP contribution in [0, 0.1) is 0 Å². The first-order valence-electron chi connectivity index (χ1n) is 6.69. The number of hydrogen-bond acceptors (Lipinski definition) is 6. The third kappa shape index (κ3) is 2.79. The topological polar surface area (TPSA) is 105 Å². The average Bonchev–Trinajstić information content (AvgIpc) is 3.08. The molecule has 110 valence electrons. The molecule has 0 saturated carbocycles. The van der Waals surface area contributed by atoms with Crippen LogP contribution in [-0.2, 0) is 11.3 Å². The van der Waals surface area contributed by atoms with E-state index >= 15 is 0 Å². The van der Waals surface area contributed by atoms with Crippen LogP contribution in [0.25, 0.3) is 11.5 Å². The lowest BCUT2D eigenvalue weighted by molar-refractivity contribution is -0.142. The van der Waals surface area contributed by atoms with Crippen molar-refractivity contribution in [1.82, 2.24) is 15.1 Å². The molecule has 1 atom stereocenters. The highest BCUT2D eigenvalue weighted by molar-refractivity contribution is 5.79. The molecule has 3 N–H and O–H groups in total. The summed E-state index contributed by atoms with van der Waals surface area (Å²) in [6.07, 6.45) is 0.419. The number of rotatable bonds is 4. The number of carboxylic acid groups (broad SMARTS) is 1. The van der Waals surface area contributed by atoms with Crippen molar-refractivity contribution in [2.75, 3.05) is 13.1 Å². The van der Waals surface area contributed by atoms with Gasteiger partial charge < -0.3 is 15.3 Å². The highest BCUT2D eigenvalue weighted by atomic mass is 16.4. The van der Waals surface area contributed by atoms with Crippen LogP contribution in [-0.4, -0.2) is 44.8 Å². The molecule has 0 aliphatic carbocycles. The molecular weight excluding hydrogens is 272 g/mol. The fraction of sp³-hybridized carbons (Fsp3) is 0.357. The Bertz CT molecular complexity index is 643. The summed E-state index contributed by atoms with van der Waals surface area (Å²) in [7, 11) is 0. The van der Waals surface area contributed by atoms with E-state index in [1.807, 2.05) is 35.2 Å². The lowest BCUT2D eigenvalue weighted by atomic mass is 10.0. The van der Waals surface area contributed by atoms with Crippen LogP contribution in [0.15, 0.2) is 34.7 Å². The maximum atomic E-state index is 11.1. The van der Waals surface area contributed by atoms with E-state index in [-0.39, 0.29) is 6.54 Å². The number of nitrogens with two attached hydrogens (primary N) is 1. The van der Waals surface area contributed by atoms with Gasteiger partial charge in [-0.3, -0.25) is 9.69 Å². The number of likely N-dealkylation sites (tertiary alicyclic amines) is 1. The normalized spacial score (nSPS) is 22.5. The molecule has 0 amide bonds. The second-order valence-electron chi connectivity index (χ2n) is 5.29. The van der Waals surface area contributed by atoms with Gasteiger partial charge in [0, 0.05) is 18.7 Å². The van der Waals surface area contributed by atoms with E-state index in [0.29, 0.717) is 31.3 Å². The Morgan fingerprint density at radius 1 is 1.38 bits per heavy atom. The number of aromatic nitrogens is 2. The molecule has 1 saturated heterocycles. The molecule has 1 unspecified atom stereocenters. The standard InChI is InChI=1S/C14H16N4O3/c15-14(13(19)20)6-7-18(9-14)8-11-16-17-12(21-11)10-4-2-1-3-5-10/h1-5H,6-9,15H2,(H,19,20). The fourth-order valence-electron chi connectivity index (χ4n) is 2.43. The van der Waals surface area contributed by atoms with Crippen LogP contribution in [0.1, 0.15) is 12.3 Å². The SMILES string of the molecule is NC1(C(=O)O)CCN(Cc2nnc(-c3ccccc3)o2)C1. The van der Waals surface area contributed by atoms with Crippen molar-refractivity contribution >= 4 is 5.97 Å². The molecule has 3 rings (SSSR count). The predicted octanol–water partition coefficient (Wildman–Crippen LogP) is 0.724. The van der Waals surface area contributed by atoms with E-state index in [2.05, 4.69) is 10.2 Å². The van der Waals surface area contributed by atoms with Crippen LogP contribution in [0.3, 0.4) is 0 Å². The summed E-state index contributed by atoms with van der Waals surface area (Å²) >= 11 is 0. The molecule has 1 fully saturated rings. The van der Waals surface area contributed by atoms with Gasteiger partial charge in [0.05, 0.1) is 6.54 Å². The smallest absolute Gasteiger partial charge is 0.325 e. The maximum absolute atomic E-state index is 11.1. The van der Waals surface area contributed by atoms with Gasteiger partial charge in [-0.1, -0.05) is 18.2 Å². The van der Waals surface area contributed by atoms with Crippen molar-refractivity contribution < 1.29 is 14.3 Å². The lowest BCUT2D eigenvalue weighted by Crippen LogP contribution is -2.50. The largest absolute Gasteiger partial charge is 0.480 e. The van der Waals surface area contributed by atoms with Gasteiger partial charge >= 0.3 is 5.97 Å². The van der Waals surface area contributed by atoms with E-state index < -0.39 is 11.5 Å². The summed E-state index contributed by atoms with van der Waals surface area (Å²) < 4.78 is 5.61. The number of benzene rings is 1. The van der Waals surface area contributed by atoms with Gasteiger partial charge in [-0.25, -0.2) is 0 Å². The molecule has 0 bridgehead atoms. The summed E-state index contributed by atoms with van der Waals surface area (Å²) in [4.78, 5) is 13.0. The molecule has 1 aliphatic heterocycles. The van der Waals surface area contributed by atoms with Crippen molar-refractivity contribution in [3.8, 4) is 11.5 Å². The van der Waals surface area contributed by atoms with Gasteiger partial charge in [0.25, 0.3) is 0 Å². The molecule has 1 aromatic heterocycles. The Balaban J connectivity index is 1.68. The minimum Gasteiger partial charge on any atom is -0.480 e. The zero-order valence-electron chi connectivity index (χ0n) is 11.4. The zero-order chi connectivity index (χ0) is 14.9. The van der Waals surface area contributed by atoms with Crippen LogP contribution in [0.5, 0.6) is 0 Å². The number of hydrogen-bond donors (Lipinski definition) is 2. The first-order valence-corrected chi connectivity index (χ1v) is 6.69. The van der Waals surface area contributed by atoms with Crippen molar-refractivity contribution in [2.45, 2.75) is 18.5 Å². The molecule has 7 nitrogen and oxygen atoms in total. The van der Waals surface area contributed by atoms with Crippen molar-refractivity contribution in [1.29, 1.82) is 0 Å². The van der Waals surface area contributed by atoms with Crippen molar-refractivity contribution in [3.05, 3.63) is 36.2 Å². The summed E-state index contributed by atoms with van der Waals surface area (Å²) in [5.41, 5.74) is 5.51. The van der Waals surface area contributed by atoms with Crippen LogP contribution in [0.2, 0.25) is 0 Å². The van der Waals surface area contributed by atoms with Crippen LogP contribution >= 0.6 is 0 Å². The van der Waals surface area contributed by atoms with Gasteiger partial charge in [-0.2, -0.15) is 0 Å². The average molecular weight is 288 g/mol. The summed E-state index contributed by atoms with van der Waals surface area (Å²) in [6, 6.07) is 9.49. The first kappa shape index (κ1) is 13.7. The van der Waals surface area contributed by atoms with Gasteiger partial charge in [0.2, 0.25) is 11.8 Å². The van der Waals surface area contributed by atoms with Crippen molar-refractivity contribution in [3.63, 3.8) is 0 Å². The summed E-state index contributed by atoms with van der Waals surface area (Å²) in [5.74, 6) is -0.0500. The van der Waals surface area contributed by atoms with E-state index in [4.69, 9.17) is 15.3 Å². The maximum Gasteiger partial charge on any atom is 0.325 e. The van der Waals surface area contributed by atoms with Crippen LogP contribution < -0.4 is 5.73 Å². The van der Waals surface area contributed by atoms with Crippen molar-refractivity contribution in [2.24, 2.45) is 5.73 Å². The van der Waals surface area contributed by atoms with Gasteiger partial charge in [-0.15, -0.1) is 10.2 Å². The molecule has 0 radical (unpaired) electrons. The highest BCUT2D eigenvalue weighted by Gasteiger charge is 2.41. The zero-order valence-corrected chi connectivity index (χ0v) is 11.4. The molecular formula is C14H16N4O3. The monoisotopic (exact) mass is 288 g/mol. The number of nitrogens with zero attached hydrogens (tertiary/aromatic N) is 3. The molecule has 2 heterocycles. The number of carboxylic acids is 1. The third-order valence-electron chi connectivity index (χ3n) is 3.65. The number of aliphatic carboxylic acids is 1. The molecule has 0 spiro atoms. The minimum absolute atomic E-state index is 0.283. The lowest BCUT2D eigenvalue weighted by Gasteiger charge is -2.18. The quantitative estimate of drug-likeness (QED) is 0.854. The fourth-order valence-corrected chi connectivity index (χ4v) is 2.43. The molecule has 1 aliphatic rings. The Labute approximate surface area is 121 Å². The molecule has 21 heavy (non-hydrogen) atoms. The minimum atomic E-state index is -1.18. The third-order valence-corrected chi connectivity index (χ3v) is 3.65. The Morgan fingerprint density at radius 3 is 2.81 bits per heavy atom. The van der Waals surface area contributed by atoms with Crippen LogP contribution in [0.4, 0.5) is 0 Å². The summed E-state index contributed by atoms with van der Waals surface area (Å²) in [5, 5.41) is 17.1. The highest BCUT2D eigenvalue weighted by Crippen LogP contribution is 2.22. The van der Waals surface area contributed by atoms with Gasteiger partial charge in [-0.05, 0) is 18.6 Å². The van der Waals surface area contributed by atoms with E-state index in [0.717, 1.165) is 5.56 Å². The molecule has 1 aromatic carbocycles. The first-order chi connectivity index (χ1) is 10.1. The Morgan fingerprint density at radius 2 is 2.14 bits per heavy atom. The predicted molar refractivity (Wildman–Crippen MR) is 74.2 cm³/mol. The second kappa shape index (κ2) is 5.27. The molecule has 2 aromatic rings. The Kier molecular flexibility index (Phi) is 3.44. The van der Waals surface area contributed by atoms with E-state index in [9.17, 15) is 4.79 Å². The van der Waals surface area contributed by atoms with Gasteiger partial charge in [0.1, 0.15) is 5.54 Å². The van der Waals surface area contributed by atoms with Gasteiger partial charge in [0.15, 0.2) is 0 Å². The Hall–Kier alpha value is -2.25. The summed E-state index contributed by atoms with van der Waals surface area (Å²) in [6.45, 7) is 1.29. The second-order valence-corrected chi connectivity index (χ2v) is 5.29. The number of carbonyl (C=O) groups is 1. The van der Waals surface area contributed by atoms with E-state index in [1.165, 1.54) is 0 Å². The van der Waals surface area contributed by atoms with E-state index in [1.54, 1.807) is 0 Å².